The predicted octanol–water partition coefficient (Wildman–Crippen LogP) is 3.30. The van der Waals surface area contributed by atoms with Gasteiger partial charge in [-0.25, -0.2) is 4.98 Å². The smallest absolute Gasteiger partial charge is 0.129 e. The number of piperidine rings is 1. The molecule has 2 heterocycles. The lowest BCUT2D eigenvalue weighted by Crippen LogP contribution is -2.42. The molecule has 1 aliphatic heterocycles. The fraction of sp³-hybridized carbons (Fsp3) is 0.688. The molecule has 4 heteroatoms. The Hall–Kier alpha value is -0.800. The van der Waals surface area contributed by atoms with Gasteiger partial charge in [0, 0.05) is 30.7 Å². The molecule has 1 aromatic rings. The molecule has 2 rings (SSSR count). The van der Waals surface area contributed by atoms with Gasteiger partial charge in [-0.05, 0) is 51.1 Å². The Morgan fingerprint density at radius 2 is 2.00 bits per heavy atom. The minimum absolute atomic E-state index is 0.570. The molecule has 0 atom stereocenters. The fourth-order valence-corrected chi connectivity index (χ4v) is 3.02. The van der Waals surface area contributed by atoms with Gasteiger partial charge >= 0.3 is 0 Å². The summed E-state index contributed by atoms with van der Waals surface area (Å²) >= 11 is 6.02. The van der Waals surface area contributed by atoms with E-state index in [0.717, 1.165) is 31.7 Å². The van der Waals surface area contributed by atoms with Gasteiger partial charge in [-0.3, -0.25) is 0 Å². The van der Waals surface area contributed by atoms with E-state index in [9.17, 15) is 0 Å². The van der Waals surface area contributed by atoms with Gasteiger partial charge in [0.1, 0.15) is 5.82 Å². The summed E-state index contributed by atoms with van der Waals surface area (Å²) in [6, 6.07) is 5.01. The Bertz CT molecular complexity index is 426. The molecule has 0 amide bonds. The van der Waals surface area contributed by atoms with Crippen LogP contribution in [0.15, 0.2) is 12.1 Å². The number of rotatable bonds is 5. The molecule has 20 heavy (non-hydrogen) atoms. The number of anilines is 1. The molecule has 1 aliphatic rings. The highest BCUT2D eigenvalue weighted by atomic mass is 35.5. The van der Waals surface area contributed by atoms with E-state index in [2.05, 4.69) is 43.0 Å². The number of hydrogen-bond acceptors (Lipinski definition) is 3. The summed E-state index contributed by atoms with van der Waals surface area (Å²) in [6.45, 7) is 4.37. The van der Waals surface area contributed by atoms with Crippen molar-refractivity contribution in [2.24, 2.45) is 0 Å². The van der Waals surface area contributed by atoms with Crippen molar-refractivity contribution in [3.63, 3.8) is 0 Å². The lowest BCUT2D eigenvalue weighted by atomic mass is 10.0. The molecule has 0 spiro atoms. The van der Waals surface area contributed by atoms with Crippen molar-refractivity contribution in [3.05, 3.63) is 23.4 Å². The first-order chi connectivity index (χ1) is 9.63. The van der Waals surface area contributed by atoms with Crippen molar-refractivity contribution in [3.8, 4) is 0 Å². The lowest BCUT2D eigenvalue weighted by molar-refractivity contribution is 0.249. The number of hydrogen-bond donors (Lipinski definition) is 0. The van der Waals surface area contributed by atoms with Crippen molar-refractivity contribution in [1.29, 1.82) is 0 Å². The monoisotopic (exact) mass is 295 g/mol. The van der Waals surface area contributed by atoms with E-state index in [1.807, 2.05) is 0 Å². The third kappa shape index (κ3) is 3.86. The summed E-state index contributed by atoms with van der Waals surface area (Å²) in [5, 5.41) is 0. The molecule has 1 saturated heterocycles. The zero-order valence-electron chi connectivity index (χ0n) is 12.9. The Balaban J connectivity index is 2.10. The van der Waals surface area contributed by atoms with Gasteiger partial charge in [0.05, 0.1) is 0 Å². The second-order valence-electron chi connectivity index (χ2n) is 5.89. The average Bonchev–Trinajstić information content (AvgIpc) is 2.47. The van der Waals surface area contributed by atoms with Gasteiger partial charge in [-0.2, -0.15) is 0 Å². The second kappa shape index (κ2) is 7.28. The molecule has 1 aromatic heterocycles. The van der Waals surface area contributed by atoms with Gasteiger partial charge in [0.2, 0.25) is 0 Å². The maximum atomic E-state index is 6.02. The highest BCUT2D eigenvalue weighted by Gasteiger charge is 2.21. The summed E-state index contributed by atoms with van der Waals surface area (Å²) in [5.74, 6) is 1.68. The molecular weight excluding hydrogens is 270 g/mol. The maximum Gasteiger partial charge on any atom is 0.129 e. The zero-order valence-corrected chi connectivity index (χ0v) is 13.7. The van der Waals surface area contributed by atoms with Gasteiger partial charge in [-0.15, -0.1) is 11.6 Å². The van der Waals surface area contributed by atoms with E-state index in [1.165, 1.54) is 24.1 Å². The van der Waals surface area contributed by atoms with Crippen LogP contribution in [-0.2, 0) is 12.3 Å². The van der Waals surface area contributed by atoms with Crippen LogP contribution in [-0.4, -0.2) is 43.1 Å². The number of nitrogens with zero attached hydrogens (tertiary/aromatic N) is 3. The van der Waals surface area contributed by atoms with Crippen LogP contribution in [0.25, 0.3) is 0 Å². The molecule has 0 N–H and O–H groups in total. The highest BCUT2D eigenvalue weighted by molar-refractivity contribution is 6.17. The van der Waals surface area contributed by atoms with Gasteiger partial charge in [0.25, 0.3) is 0 Å². The summed E-state index contributed by atoms with van der Waals surface area (Å²) < 4.78 is 0. The molecule has 0 saturated carbocycles. The van der Waals surface area contributed by atoms with Crippen LogP contribution in [0.3, 0.4) is 0 Å². The van der Waals surface area contributed by atoms with Gasteiger partial charge < -0.3 is 9.80 Å². The highest BCUT2D eigenvalue weighted by Crippen LogP contribution is 2.22. The summed E-state index contributed by atoms with van der Waals surface area (Å²) in [7, 11) is 4.35. The molecule has 3 nitrogen and oxygen atoms in total. The molecule has 0 unspecified atom stereocenters. The lowest BCUT2D eigenvalue weighted by Gasteiger charge is -2.36. The van der Waals surface area contributed by atoms with Gasteiger partial charge in [-0.1, -0.05) is 13.3 Å². The Morgan fingerprint density at radius 3 is 2.55 bits per heavy atom. The topological polar surface area (TPSA) is 19.4 Å². The maximum absolute atomic E-state index is 6.02. The molecule has 0 aromatic carbocycles. The van der Waals surface area contributed by atoms with E-state index in [1.54, 1.807) is 0 Å². The normalized spacial score (nSPS) is 16.9. The van der Waals surface area contributed by atoms with Crippen LogP contribution in [0.2, 0.25) is 0 Å². The Morgan fingerprint density at radius 1 is 1.30 bits per heavy atom. The number of pyridine rings is 1. The van der Waals surface area contributed by atoms with Crippen molar-refractivity contribution < 1.29 is 0 Å². The SMILES string of the molecule is CCCc1cc(CCl)cc(N2CCC(N(C)C)CC2)n1. The van der Waals surface area contributed by atoms with Crippen molar-refractivity contribution in [1.82, 2.24) is 9.88 Å². The van der Waals surface area contributed by atoms with E-state index < -0.39 is 0 Å². The third-order valence-corrected chi connectivity index (χ3v) is 4.41. The van der Waals surface area contributed by atoms with Crippen LogP contribution in [0.4, 0.5) is 5.82 Å². The molecule has 0 bridgehead atoms. The summed E-state index contributed by atoms with van der Waals surface area (Å²) in [4.78, 5) is 9.57. The molecular formula is C16H26ClN3. The number of halogens is 1. The summed E-state index contributed by atoms with van der Waals surface area (Å²) in [6.07, 6.45) is 4.58. The average molecular weight is 296 g/mol. The van der Waals surface area contributed by atoms with Crippen LogP contribution >= 0.6 is 11.6 Å². The fourth-order valence-electron chi connectivity index (χ4n) is 2.87. The molecule has 0 aliphatic carbocycles. The van der Waals surface area contributed by atoms with E-state index >= 15 is 0 Å². The third-order valence-electron chi connectivity index (χ3n) is 4.10. The van der Waals surface area contributed by atoms with Crippen LogP contribution in [0, 0.1) is 0 Å². The van der Waals surface area contributed by atoms with E-state index in [-0.39, 0.29) is 0 Å². The van der Waals surface area contributed by atoms with E-state index in [0.29, 0.717) is 11.9 Å². The molecule has 112 valence electrons. The largest absolute Gasteiger partial charge is 0.356 e. The standard InChI is InChI=1S/C16H26ClN3/c1-4-5-14-10-13(12-17)11-16(18-14)20-8-6-15(7-9-20)19(2)3/h10-11,15H,4-9,12H2,1-3H3. The van der Waals surface area contributed by atoms with E-state index in [4.69, 9.17) is 16.6 Å². The number of aryl methyl sites for hydroxylation is 1. The van der Waals surface area contributed by atoms with Gasteiger partial charge in [0.15, 0.2) is 0 Å². The zero-order chi connectivity index (χ0) is 14.5. The Kier molecular flexibility index (Phi) is 5.67. The minimum atomic E-state index is 0.570. The van der Waals surface area contributed by atoms with Crippen molar-refractivity contribution >= 4 is 17.4 Å². The Labute approximate surface area is 127 Å². The first-order valence-electron chi connectivity index (χ1n) is 7.61. The molecule has 1 fully saturated rings. The quantitative estimate of drug-likeness (QED) is 0.777. The predicted molar refractivity (Wildman–Crippen MR) is 86.7 cm³/mol. The van der Waals surface area contributed by atoms with Crippen LogP contribution in [0.1, 0.15) is 37.4 Å². The summed E-state index contributed by atoms with van der Waals surface area (Å²) in [5.41, 5.74) is 2.37. The second-order valence-corrected chi connectivity index (χ2v) is 6.16. The molecule has 0 radical (unpaired) electrons. The van der Waals surface area contributed by atoms with Crippen molar-refractivity contribution in [2.75, 3.05) is 32.1 Å². The first-order valence-corrected chi connectivity index (χ1v) is 8.14. The number of aromatic nitrogens is 1. The van der Waals surface area contributed by atoms with Crippen LogP contribution in [0.5, 0.6) is 0 Å². The number of alkyl halides is 1. The first kappa shape index (κ1) is 15.6. The minimum Gasteiger partial charge on any atom is -0.356 e. The van der Waals surface area contributed by atoms with Crippen molar-refractivity contribution in [2.45, 2.75) is 44.5 Å². The van der Waals surface area contributed by atoms with Crippen LogP contribution < -0.4 is 4.90 Å².